The van der Waals surface area contributed by atoms with Crippen LogP contribution in [0.2, 0.25) is 0 Å². The fourth-order valence-electron chi connectivity index (χ4n) is 3.80. The molecular formula is C25H25F3N2O3. The standard InChI is InChI=1S/C25H25F3N2O3/c1-16-7-5-6-10-20(16)23(18-8-3-2-4-9-18)33-15-19(31)14-30-24(32)21(25(26,27)28)13-22(29-30)17-11-12-17/h2-10,13,17,19,23,31H,11-12,14-15H2,1H3. The van der Waals surface area contributed by atoms with Crippen LogP contribution >= 0.6 is 0 Å². The molecule has 1 aromatic heterocycles. The summed E-state index contributed by atoms with van der Waals surface area (Å²) in [4.78, 5) is 12.4. The maximum Gasteiger partial charge on any atom is 0.421 e. The van der Waals surface area contributed by atoms with E-state index in [9.17, 15) is 23.1 Å². The van der Waals surface area contributed by atoms with Crippen molar-refractivity contribution in [2.24, 2.45) is 0 Å². The number of nitrogens with zero attached hydrogens (tertiary/aromatic N) is 2. The maximum atomic E-state index is 13.4. The largest absolute Gasteiger partial charge is 0.421 e. The highest BCUT2D eigenvalue weighted by Gasteiger charge is 2.37. The number of aromatic nitrogens is 2. The van der Waals surface area contributed by atoms with Gasteiger partial charge in [0, 0.05) is 5.92 Å². The highest BCUT2D eigenvalue weighted by atomic mass is 19.4. The molecule has 1 aliphatic rings. The van der Waals surface area contributed by atoms with Crippen LogP contribution in [0, 0.1) is 6.92 Å². The first-order valence-electron chi connectivity index (χ1n) is 10.8. The minimum atomic E-state index is -4.78. The Bertz CT molecular complexity index is 1160. The summed E-state index contributed by atoms with van der Waals surface area (Å²) in [5.74, 6) is -0.0742. The molecule has 0 amide bonds. The Labute approximate surface area is 189 Å². The number of aliphatic hydroxyl groups is 1. The number of rotatable bonds is 8. The lowest BCUT2D eigenvalue weighted by Gasteiger charge is -2.23. The summed E-state index contributed by atoms with van der Waals surface area (Å²) in [6.07, 6.45) is -5.00. The van der Waals surface area contributed by atoms with Crippen LogP contribution in [0.25, 0.3) is 0 Å². The van der Waals surface area contributed by atoms with E-state index in [1.807, 2.05) is 61.5 Å². The molecule has 33 heavy (non-hydrogen) atoms. The van der Waals surface area contributed by atoms with E-state index in [1.54, 1.807) is 0 Å². The highest BCUT2D eigenvalue weighted by Crippen LogP contribution is 2.40. The van der Waals surface area contributed by atoms with Crippen molar-refractivity contribution in [3.8, 4) is 0 Å². The van der Waals surface area contributed by atoms with E-state index in [-0.39, 0.29) is 18.2 Å². The van der Waals surface area contributed by atoms with Crippen molar-refractivity contribution < 1.29 is 23.0 Å². The molecule has 2 unspecified atom stereocenters. The summed E-state index contributed by atoms with van der Waals surface area (Å²) >= 11 is 0. The van der Waals surface area contributed by atoms with E-state index in [0.717, 1.165) is 40.3 Å². The molecule has 2 atom stereocenters. The van der Waals surface area contributed by atoms with E-state index in [0.29, 0.717) is 0 Å². The van der Waals surface area contributed by atoms with Gasteiger partial charge in [-0.1, -0.05) is 54.6 Å². The van der Waals surface area contributed by atoms with Crippen molar-refractivity contribution in [1.82, 2.24) is 9.78 Å². The molecule has 1 N–H and O–H groups in total. The van der Waals surface area contributed by atoms with E-state index in [4.69, 9.17) is 4.74 Å². The predicted molar refractivity (Wildman–Crippen MR) is 117 cm³/mol. The summed E-state index contributed by atoms with van der Waals surface area (Å²) in [6, 6.07) is 18.0. The third-order valence-corrected chi connectivity index (χ3v) is 5.71. The highest BCUT2D eigenvalue weighted by molar-refractivity contribution is 5.35. The normalized spacial score (nSPS) is 15.9. The molecule has 0 spiro atoms. The molecule has 4 rings (SSSR count). The van der Waals surface area contributed by atoms with E-state index in [2.05, 4.69) is 5.10 Å². The Kier molecular flexibility index (Phi) is 6.67. The number of hydrogen-bond acceptors (Lipinski definition) is 4. The topological polar surface area (TPSA) is 64.3 Å². The van der Waals surface area contributed by atoms with Gasteiger partial charge in [-0.3, -0.25) is 4.79 Å². The first-order chi connectivity index (χ1) is 15.7. The molecule has 8 heteroatoms. The van der Waals surface area contributed by atoms with E-state index < -0.39 is 36.1 Å². The van der Waals surface area contributed by atoms with Crippen molar-refractivity contribution in [2.75, 3.05) is 6.61 Å². The molecule has 0 saturated heterocycles. The fourth-order valence-corrected chi connectivity index (χ4v) is 3.80. The van der Waals surface area contributed by atoms with Crippen LogP contribution < -0.4 is 5.56 Å². The Balaban J connectivity index is 1.55. The summed E-state index contributed by atoms with van der Waals surface area (Å²) in [6.45, 7) is 1.38. The SMILES string of the molecule is Cc1ccccc1C(OCC(O)Cn1nc(C2CC2)cc(C(F)(F)F)c1=O)c1ccccc1. The smallest absolute Gasteiger partial charge is 0.389 e. The number of ether oxygens (including phenoxy) is 1. The van der Waals surface area contributed by atoms with Gasteiger partial charge < -0.3 is 9.84 Å². The summed E-state index contributed by atoms with van der Waals surface area (Å²) < 4.78 is 46.9. The Morgan fingerprint density at radius 1 is 1.12 bits per heavy atom. The van der Waals surface area contributed by atoms with Gasteiger partial charge >= 0.3 is 6.18 Å². The number of aryl methyl sites for hydroxylation is 1. The van der Waals surface area contributed by atoms with Gasteiger partial charge in [0.2, 0.25) is 0 Å². The lowest BCUT2D eigenvalue weighted by molar-refractivity contribution is -0.139. The molecule has 174 valence electrons. The minimum absolute atomic E-state index is 0.0742. The first kappa shape index (κ1) is 23.2. The van der Waals surface area contributed by atoms with Gasteiger partial charge in [-0.05, 0) is 42.5 Å². The van der Waals surface area contributed by atoms with Crippen LogP contribution in [0.5, 0.6) is 0 Å². The molecule has 0 radical (unpaired) electrons. The van der Waals surface area contributed by atoms with Crippen LogP contribution in [0.3, 0.4) is 0 Å². The first-order valence-corrected chi connectivity index (χ1v) is 10.8. The summed E-state index contributed by atoms with van der Waals surface area (Å²) in [5.41, 5.74) is 0.521. The predicted octanol–water partition coefficient (Wildman–Crippen LogP) is 4.62. The van der Waals surface area contributed by atoms with Crippen molar-refractivity contribution in [3.05, 3.63) is 99.0 Å². The number of hydrogen-bond donors (Lipinski definition) is 1. The zero-order valence-electron chi connectivity index (χ0n) is 18.1. The van der Waals surface area contributed by atoms with E-state index >= 15 is 0 Å². The molecule has 0 aliphatic heterocycles. The number of benzene rings is 2. The van der Waals surface area contributed by atoms with Crippen LogP contribution in [0.4, 0.5) is 13.2 Å². The van der Waals surface area contributed by atoms with Gasteiger partial charge in [-0.2, -0.15) is 18.3 Å². The third-order valence-electron chi connectivity index (χ3n) is 5.71. The third kappa shape index (κ3) is 5.51. The Morgan fingerprint density at radius 3 is 2.42 bits per heavy atom. The van der Waals surface area contributed by atoms with Crippen molar-refractivity contribution in [1.29, 1.82) is 0 Å². The maximum absolute atomic E-state index is 13.4. The van der Waals surface area contributed by atoms with Gasteiger partial charge in [0.05, 0.1) is 24.9 Å². The second-order valence-electron chi connectivity index (χ2n) is 8.38. The molecule has 5 nitrogen and oxygen atoms in total. The van der Waals surface area contributed by atoms with Crippen LogP contribution in [0.15, 0.2) is 65.5 Å². The summed E-state index contributed by atoms with van der Waals surface area (Å²) in [7, 11) is 0. The average molecular weight is 458 g/mol. The van der Waals surface area contributed by atoms with Crippen molar-refractivity contribution in [2.45, 2.75) is 50.6 Å². The van der Waals surface area contributed by atoms with E-state index in [1.165, 1.54) is 0 Å². The zero-order chi connectivity index (χ0) is 23.6. The van der Waals surface area contributed by atoms with Gasteiger partial charge in [0.15, 0.2) is 0 Å². The number of alkyl halides is 3. The van der Waals surface area contributed by atoms with Gasteiger partial charge in [-0.15, -0.1) is 0 Å². The number of aliphatic hydroxyl groups excluding tert-OH is 1. The number of halogens is 3. The van der Waals surface area contributed by atoms with Crippen LogP contribution in [-0.2, 0) is 17.5 Å². The minimum Gasteiger partial charge on any atom is -0.389 e. The zero-order valence-corrected chi connectivity index (χ0v) is 18.1. The lowest BCUT2D eigenvalue weighted by atomic mass is 9.97. The van der Waals surface area contributed by atoms with Crippen molar-refractivity contribution in [3.63, 3.8) is 0 Å². The van der Waals surface area contributed by atoms with Crippen LogP contribution in [0.1, 0.15) is 52.8 Å². The molecule has 2 aromatic carbocycles. The molecule has 1 fully saturated rings. The van der Waals surface area contributed by atoms with Crippen LogP contribution in [-0.4, -0.2) is 27.6 Å². The molecule has 0 bridgehead atoms. The quantitative estimate of drug-likeness (QED) is 0.535. The molecule has 1 aliphatic carbocycles. The molecule has 3 aromatic rings. The van der Waals surface area contributed by atoms with Gasteiger partial charge in [0.1, 0.15) is 11.7 Å². The lowest BCUT2D eigenvalue weighted by Crippen LogP contribution is -2.36. The molecule has 1 heterocycles. The Hall–Kier alpha value is -2.97. The average Bonchev–Trinajstić information content (AvgIpc) is 3.62. The monoisotopic (exact) mass is 458 g/mol. The molecular weight excluding hydrogens is 433 g/mol. The summed E-state index contributed by atoms with van der Waals surface area (Å²) in [5, 5.41) is 14.7. The Morgan fingerprint density at radius 2 is 1.79 bits per heavy atom. The second kappa shape index (κ2) is 9.49. The van der Waals surface area contributed by atoms with Gasteiger partial charge in [0.25, 0.3) is 5.56 Å². The molecule has 1 saturated carbocycles. The second-order valence-corrected chi connectivity index (χ2v) is 8.38. The fraction of sp³-hybridized carbons (Fsp3) is 0.360. The van der Waals surface area contributed by atoms with Crippen molar-refractivity contribution >= 4 is 0 Å². The van der Waals surface area contributed by atoms with Gasteiger partial charge in [-0.25, -0.2) is 4.68 Å².